The van der Waals surface area contributed by atoms with Crippen LogP contribution in [0.2, 0.25) is 18.1 Å². The van der Waals surface area contributed by atoms with Gasteiger partial charge in [-0.25, -0.2) is 0 Å². The van der Waals surface area contributed by atoms with Crippen molar-refractivity contribution in [3.63, 3.8) is 0 Å². The molecule has 0 fully saturated rings. The molecule has 1 rings (SSSR count). The summed E-state index contributed by atoms with van der Waals surface area (Å²) in [4.78, 5) is 0. The van der Waals surface area contributed by atoms with Gasteiger partial charge in [0.2, 0.25) is 0 Å². The lowest BCUT2D eigenvalue weighted by atomic mass is 10.1. The van der Waals surface area contributed by atoms with E-state index in [4.69, 9.17) is 18.6 Å². The van der Waals surface area contributed by atoms with Crippen molar-refractivity contribution >= 4 is 24.2 Å². The zero-order valence-electron chi connectivity index (χ0n) is 15.2. The van der Waals surface area contributed by atoms with Gasteiger partial charge in [0, 0.05) is 11.1 Å². The number of hydrogen-bond acceptors (Lipinski definition) is 4. The van der Waals surface area contributed by atoms with Crippen LogP contribution in [-0.4, -0.2) is 46.6 Å². The minimum atomic E-state index is -1.83. The molecule has 4 nitrogen and oxygen atoms in total. The van der Waals surface area contributed by atoms with Crippen LogP contribution < -0.4 is 0 Å². The van der Waals surface area contributed by atoms with Crippen molar-refractivity contribution in [2.45, 2.75) is 64.3 Å². The van der Waals surface area contributed by atoms with Gasteiger partial charge >= 0.3 is 0 Å². The Morgan fingerprint density at radius 1 is 1.26 bits per heavy atom. The highest BCUT2D eigenvalue weighted by molar-refractivity contribution is 9.11. The summed E-state index contributed by atoms with van der Waals surface area (Å²) < 4.78 is 24.5. The number of halogens is 1. The highest BCUT2D eigenvalue weighted by atomic mass is 79.9. The quantitative estimate of drug-likeness (QED) is 0.435. The van der Waals surface area contributed by atoms with E-state index in [0.29, 0.717) is 19.8 Å². The van der Waals surface area contributed by atoms with Crippen LogP contribution in [0.15, 0.2) is 23.2 Å². The molecule has 0 bridgehead atoms. The number of hydrogen-bond donors (Lipinski definition) is 0. The molecule has 0 unspecified atom stereocenters. The zero-order valence-corrected chi connectivity index (χ0v) is 17.8. The summed E-state index contributed by atoms with van der Waals surface area (Å²) in [5.74, 6) is 0. The fraction of sp³-hybridized carbons (Fsp3) is 0.765. The van der Waals surface area contributed by atoms with Crippen LogP contribution in [0.4, 0.5) is 0 Å². The van der Waals surface area contributed by atoms with Crippen LogP contribution >= 0.6 is 15.9 Å². The summed E-state index contributed by atoms with van der Waals surface area (Å²) in [6.45, 7) is 18.5. The van der Waals surface area contributed by atoms with Crippen LogP contribution in [-0.2, 0) is 18.6 Å². The first-order valence-corrected chi connectivity index (χ1v) is 11.8. The molecule has 0 N–H and O–H groups in total. The maximum absolute atomic E-state index is 6.31. The molecule has 0 radical (unpaired) electrons. The third-order valence-corrected chi connectivity index (χ3v) is 9.04. The average Bonchev–Trinajstić information content (AvgIpc) is 2.43. The Morgan fingerprint density at radius 3 is 2.43 bits per heavy atom. The summed E-state index contributed by atoms with van der Waals surface area (Å²) in [5, 5.41) is 0.164. The first kappa shape index (κ1) is 21.1. The minimum absolute atomic E-state index is 0.161. The van der Waals surface area contributed by atoms with E-state index >= 15 is 0 Å². The van der Waals surface area contributed by atoms with Gasteiger partial charge in [0.15, 0.2) is 14.6 Å². The van der Waals surface area contributed by atoms with Gasteiger partial charge in [-0.3, -0.25) is 0 Å². The van der Waals surface area contributed by atoms with E-state index < -0.39 is 8.32 Å². The van der Waals surface area contributed by atoms with E-state index in [0.717, 1.165) is 4.48 Å². The van der Waals surface area contributed by atoms with Crippen LogP contribution in [0, 0.1) is 0 Å². The van der Waals surface area contributed by atoms with E-state index in [1.807, 2.05) is 19.1 Å². The van der Waals surface area contributed by atoms with Crippen molar-refractivity contribution < 1.29 is 18.6 Å². The molecule has 0 saturated carbocycles. The Hall–Kier alpha value is 0.0169. The lowest BCUT2D eigenvalue weighted by Gasteiger charge is -2.39. The molecule has 0 spiro atoms. The van der Waals surface area contributed by atoms with Gasteiger partial charge in [0.25, 0.3) is 0 Å². The Kier molecular flexibility index (Phi) is 8.17. The molecule has 1 aliphatic rings. The van der Waals surface area contributed by atoms with Crippen LogP contribution in [0.5, 0.6) is 0 Å². The highest BCUT2D eigenvalue weighted by Gasteiger charge is 2.39. The summed E-state index contributed by atoms with van der Waals surface area (Å²) in [6, 6.07) is 0. The highest BCUT2D eigenvalue weighted by Crippen LogP contribution is 2.37. The largest absolute Gasteiger partial charge is 0.414 e. The lowest BCUT2D eigenvalue weighted by Crippen LogP contribution is -2.47. The Morgan fingerprint density at radius 2 is 1.91 bits per heavy atom. The van der Waals surface area contributed by atoms with Crippen molar-refractivity contribution in [2.24, 2.45) is 0 Å². The van der Waals surface area contributed by atoms with E-state index in [9.17, 15) is 0 Å². The van der Waals surface area contributed by atoms with Crippen molar-refractivity contribution in [1.29, 1.82) is 0 Å². The van der Waals surface area contributed by atoms with Crippen molar-refractivity contribution in [1.82, 2.24) is 0 Å². The number of ether oxygens (including phenoxy) is 3. The molecule has 0 aliphatic carbocycles. The van der Waals surface area contributed by atoms with Crippen LogP contribution in [0.3, 0.4) is 0 Å². The van der Waals surface area contributed by atoms with Gasteiger partial charge in [-0.15, -0.1) is 0 Å². The fourth-order valence-corrected chi connectivity index (χ4v) is 3.02. The van der Waals surface area contributed by atoms with Gasteiger partial charge in [0.05, 0.1) is 13.2 Å². The molecule has 1 aliphatic heterocycles. The van der Waals surface area contributed by atoms with Gasteiger partial charge in [-0.1, -0.05) is 49.4 Å². The predicted molar refractivity (Wildman–Crippen MR) is 100 cm³/mol. The molecule has 3 atom stereocenters. The number of rotatable bonds is 8. The summed E-state index contributed by atoms with van der Waals surface area (Å²) in [5.41, 5.74) is 0. The molecule has 1 heterocycles. The van der Waals surface area contributed by atoms with E-state index in [1.54, 1.807) is 0 Å². The van der Waals surface area contributed by atoms with Crippen molar-refractivity contribution in [2.75, 3.05) is 19.8 Å². The molecule has 0 aromatic carbocycles. The lowest BCUT2D eigenvalue weighted by molar-refractivity contribution is -0.183. The van der Waals surface area contributed by atoms with Gasteiger partial charge < -0.3 is 18.6 Å². The zero-order chi connectivity index (χ0) is 17.7. The SMILES string of the molecule is C=C(Br)CO[C@@H]1C=C[C@H](OCC)O[C@@H]1CO[Si](C)(C)C(C)(C)C. The van der Waals surface area contributed by atoms with E-state index in [2.05, 4.69) is 56.4 Å². The summed E-state index contributed by atoms with van der Waals surface area (Å²) in [6.07, 6.45) is 3.22. The third-order valence-electron chi connectivity index (χ3n) is 4.31. The predicted octanol–water partition coefficient (Wildman–Crippen LogP) is 4.62. The molecule has 0 aromatic rings. The average molecular weight is 407 g/mol. The first-order chi connectivity index (χ1) is 10.6. The normalized spacial score (nSPS) is 25.6. The first-order valence-electron chi connectivity index (χ1n) is 8.11. The molecular formula is C17H31BrO4Si. The second-order valence-corrected chi connectivity index (χ2v) is 13.2. The van der Waals surface area contributed by atoms with Crippen molar-refractivity contribution in [3.05, 3.63) is 23.2 Å². The topological polar surface area (TPSA) is 36.9 Å². The molecule has 0 aromatic heterocycles. The van der Waals surface area contributed by atoms with Crippen LogP contribution in [0.25, 0.3) is 0 Å². The fourth-order valence-electron chi connectivity index (χ4n) is 1.87. The second kappa shape index (κ2) is 8.92. The standard InChI is InChI=1S/C17H31BrO4Si/c1-8-19-16-10-9-14(20-11-13(2)18)15(22-16)12-21-23(6,7)17(3,4)5/h9-10,14-16H,2,8,11-12H2,1,3-7H3/t14-,15-,16-/m1/s1. The summed E-state index contributed by atoms with van der Waals surface area (Å²) in [7, 11) is -1.83. The monoisotopic (exact) mass is 406 g/mol. The van der Waals surface area contributed by atoms with E-state index in [-0.39, 0.29) is 23.5 Å². The minimum Gasteiger partial charge on any atom is -0.414 e. The maximum atomic E-state index is 6.31. The third kappa shape index (κ3) is 6.80. The van der Waals surface area contributed by atoms with Crippen molar-refractivity contribution in [3.8, 4) is 0 Å². The Labute approximate surface area is 150 Å². The molecule has 0 saturated heterocycles. The van der Waals surface area contributed by atoms with Gasteiger partial charge in [-0.05, 0) is 31.1 Å². The van der Waals surface area contributed by atoms with Gasteiger partial charge in [-0.2, -0.15) is 0 Å². The Bertz CT molecular complexity index is 417. The molecule has 134 valence electrons. The Balaban J connectivity index is 2.72. The maximum Gasteiger partial charge on any atom is 0.192 e. The smallest absolute Gasteiger partial charge is 0.192 e. The van der Waals surface area contributed by atoms with Crippen LogP contribution in [0.1, 0.15) is 27.7 Å². The second-order valence-electron chi connectivity index (χ2n) is 7.25. The molecular weight excluding hydrogens is 376 g/mol. The summed E-state index contributed by atoms with van der Waals surface area (Å²) >= 11 is 3.32. The van der Waals surface area contributed by atoms with Gasteiger partial charge in [0.1, 0.15) is 12.2 Å². The van der Waals surface area contributed by atoms with E-state index in [1.165, 1.54) is 0 Å². The molecule has 0 amide bonds. The molecule has 6 heteroatoms. The molecule has 23 heavy (non-hydrogen) atoms.